The first-order valence-corrected chi connectivity index (χ1v) is 7.69. The zero-order valence-corrected chi connectivity index (χ0v) is 12.1. The maximum Gasteiger partial charge on any atom is 0.170 e. The van der Waals surface area contributed by atoms with Crippen molar-refractivity contribution < 1.29 is 9.60 Å². The lowest BCUT2D eigenvalue weighted by Crippen LogP contribution is -2.42. The van der Waals surface area contributed by atoms with Crippen molar-refractivity contribution in [1.82, 2.24) is 4.90 Å². The van der Waals surface area contributed by atoms with Crippen molar-refractivity contribution >= 4 is 5.84 Å². The van der Waals surface area contributed by atoms with Gasteiger partial charge in [-0.05, 0) is 44.2 Å². The second-order valence-electron chi connectivity index (χ2n) is 6.16. The van der Waals surface area contributed by atoms with E-state index in [9.17, 15) is 4.39 Å². The minimum Gasteiger partial charge on any atom is -0.409 e. The van der Waals surface area contributed by atoms with E-state index < -0.39 is 0 Å². The van der Waals surface area contributed by atoms with E-state index in [0.29, 0.717) is 23.7 Å². The molecule has 3 N–H and O–H groups in total. The van der Waals surface area contributed by atoms with E-state index in [4.69, 9.17) is 10.9 Å². The van der Waals surface area contributed by atoms with E-state index >= 15 is 0 Å². The second-order valence-corrected chi connectivity index (χ2v) is 6.16. The Hall–Kier alpha value is -1.62. The first-order valence-electron chi connectivity index (χ1n) is 7.69. The van der Waals surface area contributed by atoms with Crippen molar-refractivity contribution in [2.75, 3.05) is 6.54 Å². The number of benzene rings is 1. The molecule has 1 aliphatic heterocycles. The van der Waals surface area contributed by atoms with Crippen LogP contribution in [0.2, 0.25) is 0 Å². The van der Waals surface area contributed by atoms with E-state index in [-0.39, 0.29) is 11.7 Å². The zero-order chi connectivity index (χ0) is 14.8. The van der Waals surface area contributed by atoms with Crippen LogP contribution in [-0.2, 0) is 6.54 Å². The highest BCUT2D eigenvalue weighted by atomic mass is 19.1. The monoisotopic (exact) mass is 291 g/mol. The normalized spacial score (nSPS) is 26.8. The van der Waals surface area contributed by atoms with Crippen LogP contribution in [0.1, 0.15) is 43.2 Å². The average Bonchev–Trinajstić information content (AvgIpc) is 2.98. The lowest BCUT2D eigenvalue weighted by Gasteiger charge is -2.37. The van der Waals surface area contributed by atoms with Crippen molar-refractivity contribution in [2.45, 2.75) is 44.7 Å². The summed E-state index contributed by atoms with van der Waals surface area (Å²) in [7, 11) is 0. The Morgan fingerprint density at radius 1 is 1.33 bits per heavy atom. The van der Waals surface area contributed by atoms with Gasteiger partial charge in [0.1, 0.15) is 5.82 Å². The SMILES string of the molecule is NC(=NO)c1ccc(CN2CCCC3CCCC32)c(F)c1. The molecule has 2 fully saturated rings. The van der Waals surface area contributed by atoms with E-state index in [1.54, 1.807) is 12.1 Å². The van der Waals surface area contributed by atoms with Gasteiger partial charge in [-0.1, -0.05) is 23.7 Å². The molecule has 1 saturated carbocycles. The summed E-state index contributed by atoms with van der Waals surface area (Å²) in [5.74, 6) is 0.465. The fourth-order valence-corrected chi connectivity index (χ4v) is 3.86. The molecule has 1 aromatic carbocycles. The zero-order valence-electron chi connectivity index (χ0n) is 12.1. The van der Waals surface area contributed by atoms with Crippen LogP contribution < -0.4 is 5.73 Å². The molecule has 3 rings (SSSR count). The van der Waals surface area contributed by atoms with Gasteiger partial charge in [-0.3, -0.25) is 4.90 Å². The molecule has 1 aromatic rings. The van der Waals surface area contributed by atoms with Gasteiger partial charge in [0.2, 0.25) is 0 Å². The van der Waals surface area contributed by atoms with E-state index in [1.807, 2.05) is 0 Å². The summed E-state index contributed by atoms with van der Waals surface area (Å²) < 4.78 is 14.2. The maximum absolute atomic E-state index is 14.2. The van der Waals surface area contributed by atoms with Gasteiger partial charge in [-0.15, -0.1) is 0 Å². The highest BCUT2D eigenvalue weighted by Crippen LogP contribution is 2.37. The molecule has 21 heavy (non-hydrogen) atoms. The molecule has 1 saturated heterocycles. The molecular weight excluding hydrogens is 269 g/mol. The third kappa shape index (κ3) is 2.88. The number of nitrogens with zero attached hydrogens (tertiary/aromatic N) is 2. The molecule has 0 amide bonds. The van der Waals surface area contributed by atoms with Crippen molar-refractivity contribution in [3.8, 4) is 0 Å². The predicted octanol–water partition coefficient (Wildman–Crippen LogP) is 2.68. The number of fused-ring (bicyclic) bond motifs is 1. The number of likely N-dealkylation sites (tertiary alicyclic amines) is 1. The smallest absolute Gasteiger partial charge is 0.170 e. The van der Waals surface area contributed by atoms with Gasteiger partial charge in [0.05, 0.1) is 0 Å². The van der Waals surface area contributed by atoms with Gasteiger partial charge < -0.3 is 10.9 Å². The quantitative estimate of drug-likeness (QED) is 0.389. The lowest BCUT2D eigenvalue weighted by atomic mass is 9.91. The van der Waals surface area contributed by atoms with Gasteiger partial charge in [0, 0.05) is 23.7 Å². The van der Waals surface area contributed by atoms with Crippen LogP contribution in [0.4, 0.5) is 4.39 Å². The average molecular weight is 291 g/mol. The standard InChI is InChI=1S/C16H22FN3O/c17-14-9-12(16(18)19-21)6-7-13(14)10-20-8-2-4-11-3-1-5-15(11)20/h6-7,9,11,15,21H,1-5,8,10H2,(H2,18,19). The number of hydrogen-bond acceptors (Lipinski definition) is 3. The Bertz CT molecular complexity index is 546. The molecule has 114 valence electrons. The Morgan fingerprint density at radius 3 is 2.90 bits per heavy atom. The molecule has 1 heterocycles. The largest absolute Gasteiger partial charge is 0.409 e. The Balaban J connectivity index is 1.75. The van der Waals surface area contributed by atoms with Crippen LogP contribution in [0.5, 0.6) is 0 Å². The molecule has 0 bridgehead atoms. The first kappa shape index (κ1) is 14.3. The molecular formula is C16H22FN3O. The van der Waals surface area contributed by atoms with Crippen molar-refractivity contribution in [3.05, 3.63) is 35.1 Å². The minimum absolute atomic E-state index is 0.0609. The van der Waals surface area contributed by atoms with Gasteiger partial charge in [-0.2, -0.15) is 0 Å². The summed E-state index contributed by atoms with van der Waals surface area (Å²) in [6.45, 7) is 1.71. The molecule has 2 aliphatic rings. The van der Waals surface area contributed by atoms with Gasteiger partial charge in [0.25, 0.3) is 0 Å². The van der Waals surface area contributed by atoms with Crippen LogP contribution >= 0.6 is 0 Å². The van der Waals surface area contributed by atoms with Gasteiger partial charge >= 0.3 is 0 Å². The van der Waals surface area contributed by atoms with Crippen molar-refractivity contribution in [2.24, 2.45) is 16.8 Å². The van der Waals surface area contributed by atoms with Crippen molar-refractivity contribution in [3.63, 3.8) is 0 Å². The number of oxime groups is 1. The molecule has 5 heteroatoms. The fraction of sp³-hybridized carbons (Fsp3) is 0.562. The van der Waals surface area contributed by atoms with Crippen molar-refractivity contribution in [1.29, 1.82) is 0 Å². The number of amidine groups is 1. The summed E-state index contributed by atoms with van der Waals surface area (Å²) in [5, 5.41) is 11.6. The number of hydrogen-bond donors (Lipinski definition) is 2. The van der Waals surface area contributed by atoms with Crippen LogP contribution in [0.15, 0.2) is 23.4 Å². The molecule has 1 aliphatic carbocycles. The van der Waals surface area contributed by atoms with E-state index in [2.05, 4.69) is 10.1 Å². The van der Waals surface area contributed by atoms with Crippen LogP contribution in [-0.4, -0.2) is 28.5 Å². The van der Waals surface area contributed by atoms with Crippen LogP contribution in [0.25, 0.3) is 0 Å². The number of halogens is 1. The minimum atomic E-state index is -0.278. The van der Waals surface area contributed by atoms with Crippen LogP contribution in [0.3, 0.4) is 0 Å². The van der Waals surface area contributed by atoms with Gasteiger partial charge in [-0.25, -0.2) is 4.39 Å². The topological polar surface area (TPSA) is 61.9 Å². The molecule has 2 unspecified atom stereocenters. The second kappa shape index (κ2) is 6.02. The lowest BCUT2D eigenvalue weighted by molar-refractivity contribution is 0.104. The Morgan fingerprint density at radius 2 is 2.14 bits per heavy atom. The summed E-state index contributed by atoms with van der Waals surface area (Å²) in [6.07, 6.45) is 6.41. The molecule has 2 atom stereocenters. The number of piperidine rings is 1. The third-order valence-corrected chi connectivity index (χ3v) is 4.94. The molecule has 0 spiro atoms. The van der Waals surface area contributed by atoms with Gasteiger partial charge in [0.15, 0.2) is 5.84 Å². The Kier molecular flexibility index (Phi) is 4.10. The maximum atomic E-state index is 14.2. The Labute approximate surface area is 124 Å². The first-order chi connectivity index (χ1) is 10.2. The molecule has 0 radical (unpaired) electrons. The fourth-order valence-electron chi connectivity index (χ4n) is 3.86. The summed E-state index contributed by atoms with van der Waals surface area (Å²) in [5.41, 5.74) is 6.60. The number of rotatable bonds is 3. The van der Waals surface area contributed by atoms with E-state index in [1.165, 1.54) is 38.2 Å². The number of nitrogens with two attached hydrogens (primary N) is 1. The molecule has 0 aromatic heterocycles. The highest BCUT2D eigenvalue weighted by molar-refractivity contribution is 5.97. The summed E-state index contributed by atoms with van der Waals surface area (Å²) >= 11 is 0. The molecule has 4 nitrogen and oxygen atoms in total. The summed E-state index contributed by atoms with van der Waals surface area (Å²) in [4.78, 5) is 2.43. The van der Waals surface area contributed by atoms with E-state index in [0.717, 1.165) is 12.5 Å². The highest BCUT2D eigenvalue weighted by Gasteiger charge is 2.34. The summed E-state index contributed by atoms with van der Waals surface area (Å²) in [6, 6.07) is 5.44. The third-order valence-electron chi connectivity index (χ3n) is 4.94. The predicted molar refractivity (Wildman–Crippen MR) is 79.7 cm³/mol. The van der Waals surface area contributed by atoms with Crippen LogP contribution in [0, 0.1) is 11.7 Å².